The minimum Gasteiger partial charge on any atom is -0.361 e. The number of ether oxygens (including phenoxy) is 1. The van der Waals surface area contributed by atoms with Crippen molar-refractivity contribution in [1.82, 2.24) is 19.0 Å². The molecule has 3 aliphatic rings. The Bertz CT molecular complexity index is 1210. The van der Waals surface area contributed by atoms with Crippen LogP contribution in [0.3, 0.4) is 0 Å². The van der Waals surface area contributed by atoms with Crippen LogP contribution in [0.1, 0.15) is 61.9 Å². The third kappa shape index (κ3) is 4.65. The van der Waals surface area contributed by atoms with Gasteiger partial charge in [-0.05, 0) is 50.2 Å². The molecule has 0 saturated carbocycles. The molecule has 2 unspecified atom stereocenters. The first kappa shape index (κ1) is 25.2. The zero-order chi connectivity index (χ0) is 25.5. The molecule has 10 heteroatoms. The van der Waals surface area contributed by atoms with Gasteiger partial charge in [0.05, 0.1) is 6.61 Å². The van der Waals surface area contributed by atoms with E-state index in [9.17, 15) is 22.8 Å². The van der Waals surface area contributed by atoms with Crippen molar-refractivity contribution < 1.29 is 17.9 Å². The molecule has 0 N–H and O–H groups in total. The first-order valence-electron chi connectivity index (χ1n) is 12.9. The molecule has 36 heavy (non-hydrogen) atoms. The van der Waals surface area contributed by atoms with E-state index in [0.717, 1.165) is 24.0 Å². The van der Waals surface area contributed by atoms with Gasteiger partial charge in [0.15, 0.2) is 5.60 Å². The molecule has 0 aliphatic carbocycles. The molecule has 4 heterocycles. The highest BCUT2D eigenvalue weighted by atomic mass is 19.4. The Morgan fingerprint density at radius 2 is 1.81 bits per heavy atom. The van der Waals surface area contributed by atoms with Crippen molar-refractivity contribution in [3.8, 4) is 0 Å². The van der Waals surface area contributed by atoms with E-state index in [1.165, 1.54) is 4.57 Å². The van der Waals surface area contributed by atoms with E-state index >= 15 is 0 Å². The van der Waals surface area contributed by atoms with Crippen LogP contribution in [0, 0.1) is 6.92 Å². The number of alkyl halides is 3. The number of rotatable bonds is 7. The predicted octanol–water partition coefficient (Wildman–Crippen LogP) is 3.58. The topological polar surface area (TPSA) is 69.4 Å². The summed E-state index contributed by atoms with van der Waals surface area (Å²) >= 11 is 0. The zero-order valence-electron chi connectivity index (χ0n) is 20.6. The van der Waals surface area contributed by atoms with Crippen molar-refractivity contribution in [2.24, 2.45) is 0 Å². The second kappa shape index (κ2) is 9.78. The van der Waals surface area contributed by atoms with E-state index in [2.05, 4.69) is 9.88 Å². The summed E-state index contributed by atoms with van der Waals surface area (Å²) in [6.07, 6.45) is -0.318. The van der Waals surface area contributed by atoms with Gasteiger partial charge in [0.2, 0.25) is 0 Å². The lowest BCUT2D eigenvalue weighted by Gasteiger charge is -2.47. The van der Waals surface area contributed by atoms with Crippen molar-refractivity contribution in [2.75, 3.05) is 6.54 Å². The van der Waals surface area contributed by atoms with Gasteiger partial charge in [-0.25, -0.2) is 14.2 Å². The van der Waals surface area contributed by atoms with Crippen LogP contribution >= 0.6 is 0 Å². The van der Waals surface area contributed by atoms with Crippen LogP contribution < -0.4 is 11.4 Å². The first-order valence-corrected chi connectivity index (χ1v) is 12.9. The fourth-order valence-electron chi connectivity index (χ4n) is 6.22. The maximum atomic E-state index is 14.4. The molecule has 0 spiro atoms. The molecule has 2 bridgehead atoms. The van der Waals surface area contributed by atoms with Crippen LogP contribution in [-0.4, -0.2) is 49.4 Å². The smallest absolute Gasteiger partial charge is 0.361 e. The molecule has 5 rings (SSSR count). The fourth-order valence-corrected chi connectivity index (χ4v) is 6.22. The summed E-state index contributed by atoms with van der Waals surface area (Å²) in [5.74, 6) is 0.552. The van der Waals surface area contributed by atoms with Crippen LogP contribution in [0.15, 0.2) is 33.9 Å². The van der Waals surface area contributed by atoms with Crippen LogP contribution in [0.25, 0.3) is 0 Å². The summed E-state index contributed by atoms with van der Waals surface area (Å²) in [6.45, 7) is 3.13. The largest absolute Gasteiger partial charge is 0.417 e. The Hall–Kier alpha value is -2.46. The van der Waals surface area contributed by atoms with Crippen molar-refractivity contribution in [2.45, 2.75) is 102 Å². The van der Waals surface area contributed by atoms with Gasteiger partial charge in [0, 0.05) is 51.0 Å². The van der Waals surface area contributed by atoms with Gasteiger partial charge in [-0.1, -0.05) is 24.3 Å². The van der Waals surface area contributed by atoms with Gasteiger partial charge >= 0.3 is 17.6 Å². The van der Waals surface area contributed by atoms with Gasteiger partial charge < -0.3 is 4.74 Å². The molecule has 2 fully saturated rings. The standard InChI is InChI=1S/C26H33F3N4O3/c1-18-7-2-3-8-19(18)17-36-25(26(27,28)29)15-20-10-11-21(16-25)31(20)13-6-14-33-23(34)30-22-9-4-5-12-32(22)24(33)35/h2-3,7-8,20-21H,4-6,9-17H2,1H3. The Morgan fingerprint density at radius 3 is 2.50 bits per heavy atom. The van der Waals surface area contributed by atoms with Crippen LogP contribution in [0.2, 0.25) is 0 Å². The number of benzene rings is 1. The second-order valence-corrected chi connectivity index (χ2v) is 10.4. The van der Waals surface area contributed by atoms with Gasteiger partial charge in [0.1, 0.15) is 5.82 Å². The maximum absolute atomic E-state index is 14.4. The summed E-state index contributed by atoms with van der Waals surface area (Å²) < 4.78 is 51.6. The van der Waals surface area contributed by atoms with E-state index in [4.69, 9.17) is 4.74 Å². The highest BCUT2D eigenvalue weighted by Gasteiger charge is 2.62. The Morgan fingerprint density at radius 1 is 1.08 bits per heavy atom. The fraction of sp³-hybridized carbons (Fsp3) is 0.654. The molecule has 196 valence electrons. The highest BCUT2D eigenvalue weighted by molar-refractivity contribution is 5.25. The Kier molecular flexibility index (Phi) is 6.84. The molecular formula is C26H33F3N4O3. The van der Waals surface area contributed by atoms with E-state index in [1.54, 1.807) is 4.57 Å². The summed E-state index contributed by atoms with van der Waals surface area (Å²) in [5.41, 5.74) is -1.33. The third-order valence-corrected chi connectivity index (χ3v) is 8.24. The van der Waals surface area contributed by atoms with Crippen LogP contribution in [0.5, 0.6) is 0 Å². The van der Waals surface area contributed by atoms with Crippen molar-refractivity contribution in [3.05, 3.63) is 62.2 Å². The molecule has 1 aromatic heterocycles. The minimum atomic E-state index is -4.46. The van der Waals surface area contributed by atoms with Gasteiger partial charge in [-0.15, -0.1) is 0 Å². The summed E-state index contributed by atoms with van der Waals surface area (Å²) in [6, 6.07) is 6.89. The monoisotopic (exact) mass is 506 g/mol. The van der Waals surface area contributed by atoms with E-state index in [0.29, 0.717) is 44.6 Å². The van der Waals surface area contributed by atoms with E-state index in [-0.39, 0.29) is 43.8 Å². The molecule has 1 aromatic carbocycles. The molecule has 0 radical (unpaired) electrons. The van der Waals surface area contributed by atoms with Gasteiger partial charge in [-0.3, -0.25) is 9.47 Å². The summed E-state index contributed by atoms with van der Waals surface area (Å²) in [7, 11) is 0. The highest BCUT2D eigenvalue weighted by Crippen LogP contribution is 2.50. The lowest BCUT2D eigenvalue weighted by atomic mass is 9.84. The lowest BCUT2D eigenvalue weighted by Crippen LogP contribution is -2.59. The SMILES string of the molecule is Cc1ccccc1COC1(C(F)(F)F)CC2CCC(C1)N2CCCn1c(=O)nc2n(c1=O)CCCC2. The van der Waals surface area contributed by atoms with Crippen LogP contribution in [-0.2, 0) is 30.9 Å². The summed E-state index contributed by atoms with van der Waals surface area (Å²) in [5, 5.41) is 0. The minimum absolute atomic E-state index is 0.0657. The lowest BCUT2D eigenvalue weighted by molar-refractivity contribution is -0.300. The van der Waals surface area contributed by atoms with E-state index in [1.807, 2.05) is 31.2 Å². The maximum Gasteiger partial charge on any atom is 0.417 e. The number of hydrogen-bond acceptors (Lipinski definition) is 5. The summed E-state index contributed by atoms with van der Waals surface area (Å²) in [4.78, 5) is 31.5. The molecule has 7 nitrogen and oxygen atoms in total. The van der Waals surface area contributed by atoms with Crippen molar-refractivity contribution in [3.63, 3.8) is 0 Å². The molecule has 2 aromatic rings. The van der Waals surface area contributed by atoms with Crippen molar-refractivity contribution >= 4 is 0 Å². The number of piperidine rings is 1. The average molecular weight is 507 g/mol. The van der Waals surface area contributed by atoms with E-state index < -0.39 is 17.5 Å². The number of fused-ring (bicyclic) bond motifs is 3. The Balaban J connectivity index is 1.26. The normalized spacial score (nSPS) is 26.2. The van der Waals surface area contributed by atoms with Gasteiger partial charge in [-0.2, -0.15) is 18.2 Å². The first-order chi connectivity index (χ1) is 17.2. The number of aryl methyl sites for hydroxylation is 2. The van der Waals surface area contributed by atoms with Crippen LogP contribution in [0.4, 0.5) is 13.2 Å². The molecule has 0 amide bonds. The third-order valence-electron chi connectivity index (χ3n) is 8.24. The Labute approximate surface area is 207 Å². The number of halogens is 3. The second-order valence-electron chi connectivity index (χ2n) is 10.4. The van der Waals surface area contributed by atoms with Crippen molar-refractivity contribution in [1.29, 1.82) is 0 Å². The quantitative estimate of drug-likeness (QED) is 0.574. The predicted molar refractivity (Wildman–Crippen MR) is 128 cm³/mol. The number of aromatic nitrogens is 3. The average Bonchev–Trinajstić information content (AvgIpc) is 3.08. The zero-order valence-corrected chi connectivity index (χ0v) is 20.6. The molecule has 3 aliphatic heterocycles. The van der Waals surface area contributed by atoms with Gasteiger partial charge in [0.25, 0.3) is 0 Å². The molecule has 2 saturated heterocycles. The molecule has 2 atom stereocenters. The molecular weight excluding hydrogens is 473 g/mol. The number of nitrogens with zero attached hydrogens (tertiary/aromatic N) is 4. The number of hydrogen-bond donors (Lipinski definition) is 0.